The monoisotopic (exact) mass is 270 g/mol. The third kappa shape index (κ3) is 3.20. The third-order valence-corrected chi connectivity index (χ3v) is 3.61. The number of benzene rings is 2. The molecule has 0 aromatic heterocycles. The van der Waals surface area contributed by atoms with Crippen LogP contribution in [0.4, 0.5) is 0 Å². The average Bonchev–Trinajstić information content (AvgIpc) is 2.48. The molecule has 0 aliphatic heterocycles. The Labute approximate surface area is 121 Å². The fraction of sp³-hybridized carbons (Fsp3) is 0.333. The smallest absolute Gasteiger partial charge is 0.119 e. The Morgan fingerprint density at radius 3 is 2.40 bits per heavy atom. The van der Waals surface area contributed by atoms with E-state index in [0.717, 1.165) is 35.5 Å². The summed E-state index contributed by atoms with van der Waals surface area (Å²) >= 11 is 0. The van der Waals surface area contributed by atoms with Crippen LogP contribution >= 0.6 is 0 Å². The number of rotatable bonds is 5. The maximum atomic E-state index is 10.5. The van der Waals surface area contributed by atoms with Crippen molar-refractivity contribution >= 4 is 0 Å². The van der Waals surface area contributed by atoms with Gasteiger partial charge < -0.3 is 9.84 Å². The van der Waals surface area contributed by atoms with Crippen LogP contribution in [0.2, 0.25) is 0 Å². The summed E-state index contributed by atoms with van der Waals surface area (Å²) in [5.41, 5.74) is 4.20. The average molecular weight is 270 g/mol. The minimum atomic E-state index is -0.588. The number of aliphatic hydroxyl groups excluding tert-OH is 1. The number of aryl methyl sites for hydroxylation is 1. The Hall–Kier alpha value is -1.80. The van der Waals surface area contributed by atoms with E-state index >= 15 is 0 Å². The van der Waals surface area contributed by atoms with Gasteiger partial charge in [0.25, 0.3) is 0 Å². The largest absolute Gasteiger partial charge is 0.494 e. The van der Waals surface area contributed by atoms with Gasteiger partial charge in [-0.3, -0.25) is 0 Å². The molecule has 2 aromatic rings. The summed E-state index contributed by atoms with van der Waals surface area (Å²) in [6.07, 6.45) is 0.405. The van der Waals surface area contributed by atoms with Gasteiger partial charge in [-0.1, -0.05) is 37.3 Å². The standard InChI is InChI=1S/C18H22O2/c1-4-12-20-16-10-8-15(9-11-16)18(19)17-7-5-6-13(2)14(17)3/h5-11,18-19H,4,12H2,1-3H3. The van der Waals surface area contributed by atoms with Gasteiger partial charge in [0.05, 0.1) is 6.61 Å². The molecule has 106 valence electrons. The first-order chi connectivity index (χ1) is 9.63. The summed E-state index contributed by atoms with van der Waals surface area (Å²) < 4.78 is 5.56. The summed E-state index contributed by atoms with van der Waals surface area (Å²) in [5.74, 6) is 0.851. The van der Waals surface area contributed by atoms with E-state index in [-0.39, 0.29) is 0 Å². The predicted molar refractivity (Wildman–Crippen MR) is 82.2 cm³/mol. The molecule has 1 N–H and O–H groups in total. The second kappa shape index (κ2) is 6.58. The highest BCUT2D eigenvalue weighted by Gasteiger charge is 2.13. The minimum Gasteiger partial charge on any atom is -0.494 e. The summed E-state index contributed by atoms with van der Waals surface area (Å²) in [6.45, 7) is 6.91. The van der Waals surface area contributed by atoms with Crippen molar-refractivity contribution in [1.82, 2.24) is 0 Å². The van der Waals surface area contributed by atoms with Crippen LogP contribution in [0.3, 0.4) is 0 Å². The zero-order valence-corrected chi connectivity index (χ0v) is 12.4. The van der Waals surface area contributed by atoms with Gasteiger partial charge in [-0.05, 0) is 54.7 Å². The molecule has 2 aromatic carbocycles. The number of hydrogen-bond donors (Lipinski definition) is 1. The van der Waals surface area contributed by atoms with Crippen molar-refractivity contribution in [2.45, 2.75) is 33.3 Å². The van der Waals surface area contributed by atoms with E-state index in [1.165, 1.54) is 5.56 Å². The van der Waals surface area contributed by atoms with Crippen LogP contribution < -0.4 is 4.74 Å². The molecule has 0 heterocycles. The van der Waals surface area contributed by atoms with Gasteiger partial charge in [0.1, 0.15) is 11.9 Å². The number of hydrogen-bond acceptors (Lipinski definition) is 2. The molecule has 2 heteroatoms. The zero-order valence-electron chi connectivity index (χ0n) is 12.4. The van der Waals surface area contributed by atoms with E-state index < -0.39 is 6.10 Å². The normalized spacial score (nSPS) is 12.2. The summed E-state index contributed by atoms with van der Waals surface area (Å²) in [6, 6.07) is 13.7. The van der Waals surface area contributed by atoms with Crippen molar-refractivity contribution in [1.29, 1.82) is 0 Å². The van der Waals surface area contributed by atoms with Crippen molar-refractivity contribution in [3.63, 3.8) is 0 Å². The Morgan fingerprint density at radius 1 is 1.05 bits per heavy atom. The van der Waals surface area contributed by atoms with Gasteiger partial charge in [-0.2, -0.15) is 0 Å². The van der Waals surface area contributed by atoms with Gasteiger partial charge in [0, 0.05) is 0 Å². The molecule has 0 bridgehead atoms. The van der Waals surface area contributed by atoms with Crippen LogP contribution in [-0.2, 0) is 0 Å². The SMILES string of the molecule is CCCOc1ccc(C(O)c2cccc(C)c2C)cc1. The zero-order chi connectivity index (χ0) is 14.5. The Bertz CT molecular complexity index is 558. The number of ether oxygens (including phenoxy) is 1. The van der Waals surface area contributed by atoms with Crippen LogP contribution in [0, 0.1) is 13.8 Å². The highest BCUT2D eigenvalue weighted by molar-refractivity contribution is 5.40. The molecular formula is C18H22O2. The summed E-state index contributed by atoms with van der Waals surface area (Å²) in [7, 11) is 0. The first kappa shape index (κ1) is 14.6. The van der Waals surface area contributed by atoms with Crippen molar-refractivity contribution in [2.24, 2.45) is 0 Å². The van der Waals surface area contributed by atoms with E-state index in [0.29, 0.717) is 0 Å². The van der Waals surface area contributed by atoms with Crippen LogP contribution in [0.25, 0.3) is 0 Å². The fourth-order valence-corrected chi connectivity index (χ4v) is 2.22. The second-order valence-electron chi connectivity index (χ2n) is 5.11. The fourth-order valence-electron chi connectivity index (χ4n) is 2.22. The molecule has 0 aliphatic rings. The molecular weight excluding hydrogens is 248 g/mol. The van der Waals surface area contributed by atoms with E-state index in [2.05, 4.69) is 19.9 Å². The van der Waals surface area contributed by atoms with Gasteiger partial charge >= 0.3 is 0 Å². The lowest BCUT2D eigenvalue weighted by Crippen LogP contribution is -2.03. The van der Waals surface area contributed by atoms with Crippen LogP contribution in [-0.4, -0.2) is 11.7 Å². The molecule has 20 heavy (non-hydrogen) atoms. The lowest BCUT2D eigenvalue weighted by Gasteiger charge is -2.16. The molecule has 0 aliphatic carbocycles. The van der Waals surface area contributed by atoms with Crippen LogP contribution in [0.1, 0.15) is 41.7 Å². The van der Waals surface area contributed by atoms with Crippen molar-refractivity contribution in [3.8, 4) is 5.75 Å². The maximum Gasteiger partial charge on any atom is 0.119 e. The minimum absolute atomic E-state index is 0.588. The summed E-state index contributed by atoms with van der Waals surface area (Å²) in [5, 5.41) is 10.5. The molecule has 0 spiro atoms. The topological polar surface area (TPSA) is 29.5 Å². The van der Waals surface area contributed by atoms with Gasteiger partial charge in [-0.25, -0.2) is 0 Å². The highest BCUT2D eigenvalue weighted by atomic mass is 16.5. The molecule has 0 amide bonds. The Morgan fingerprint density at radius 2 is 1.75 bits per heavy atom. The maximum absolute atomic E-state index is 10.5. The van der Waals surface area contributed by atoms with Crippen molar-refractivity contribution in [2.75, 3.05) is 6.61 Å². The highest BCUT2D eigenvalue weighted by Crippen LogP contribution is 2.27. The molecule has 0 fully saturated rings. The quantitative estimate of drug-likeness (QED) is 0.883. The lowest BCUT2D eigenvalue weighted by molar-refractivity contribution is 0.219. The Kier molecular flexibility index (Phi) is 4.80. The molecule has 0 radical (unpaired) electrons. The lowest BCUT2D eigenvalue weighted by atomic mass is 9.95. The molecule has 2 nitrogen and oxygen atoms in total. The van der Waals surface area contributed by atoms with Crippen LogP contribution in [0.15, 0.2) is 42.5 Å². The second-order valence-corrected chi connectivity index (χ2v) is 5.11. The van der Waals surface area contributed by atoms with E-state index in [4.69, 9.17) is 4.74 Å². The van der Waals surface area contributed by atoms with Gasteiger partial charge in [0.15, 0.2) is 0 Å². The Balaban J connectivity index is 2.20. The molecule has 1 atom stereocenters. The van der Waals surface area contributed by atoms with Gasteiger partial charge in [0.2, 0.25) is 0 Å². The molecule has 1 unspecified atom stereocenters. The van der Waals surface area contributed by atoms with E-state index in [1.807, 2.05) is 43.3 Å². The molecule has 0 saturated carbocycles. The molecule has 0 saturated heterocycles. The predicted octanol–water partition coefficient (Wildman–Crippen LogP) is 4.17. The summed E-state index contributed by atoms with van der Waals surface area (Å²) in [4.78, 5) is 0. The third-order valence-electron chi connectivity index (χ3n) is 3.61. The first-order valence-electron chi connectivity index (χ1n) is 7.10. The first-order valence-corrected chi connectivity index (χ1v) is 7.10. The van der Waals surface area contributed by atoms with Crippen molar-refractivity contribution < 1.29 is 9.84 Å². The molecule has 2 rings (SSSR count). The van der Waals surface area contributed by atoms with Crippen molar-refractivity contribution in [3.05, 3.63) is 64.7 Å². The van der Waals surface area contributed by atoms with Crippen LogP contribution in [0.5, 0.6) is 5.75 Å². The van der Waals surface area contributed by atoms with Gasteiger partial charge in [-0.15, -0.1) is 0 Å². The van der Waals surface area contributed by atoms with E-state index in [9.17, 15) is 5.11 Å². The van der Waals surface area contributed by atoms with E-state index in [1.54, 1.807) is 0 Å². The number of aliphatic hydroxyl groups is 1.